The minimum atomic E-state index is -3.37. The van der Waals surface area contributed by atoms with Gasteiger partial charge in [-0.05, 0) is 79.7 Å². The van der Waals surface area contributed by atoms with E-state index in [-0.39, 0.29) is 40.0 Å². The maximum absolute atomic E-state index is 11.3. The second-order valence-electron chi connectivity index (χ2n) is 17.7. The monoisotopic (exact) mass is 681 g/mol. The molecule has 0 aromatic heterocycles. The molecule has 258 valence electrons. The van der Waals surface area contributed by atoms with Crippen LogP contribution >= 0.6 is 0 Å². The van der Waals surface area contributed by atoms with Crippen LogP contribution in [0, 0.1) is 5.92 Å². The zero-order chi connectivity index (χ0) is 33.9. The zero-order valence-corrected chi connectivity index (χ0v) is 35.1. The first-order valence-corrected chi connectivity index (χ1v) is 27.1. The zero-order valence-electron chi connectivity index (χ0n) is 31.3. The maximum atomic E-state index is 11.3. The average Bonchev–Trinajstić information content (AvgIpc) is 2.77. The van der Waals surface area contributed by atoms with Crippen molar-refractivity contribution in [3.8, 4) is 0 Å². The van der Waals surface area contributed by atoms with Gasteiger partial charge in [-0.3, -0.25) is 9.08 Å². The van der Waals surface area contributed by atoms with Gasteiger partial charge in [0.05, 0.1) is 37.7 Å². The van der Waals surface area contributed by atoms with Crippen molar-refractivity contribution in [2.75, 3.05) is 32.6 Å². The summed E-state index contributed by atoms with van der Waals surface area (Å²) in [5.74, 6) is 0.330. The van der Waals surface area contributed by atoms with E-state index in [1.807, 2.05) is 0 Å². The number of unbranched alkanes of at least 4 members (excludes halogenated alkanes) is 3. The summed E-state index contributed by atoms with van der Waals surface area (Å²) in [4.78, 5) is 2.63. The van der Waals surface area contributed by atoms with Crippen molar-refractivity contribution in [1.82, 2.24) is 4.90 Å². The van der Waals surface area contributed by atoms with Crippen LogP contribution in [-0.2, 0) is 27.6 Å². The molecule has 0 radical (unpaired) electrons. The summed E-state index contributed by atoms with van der Waals surface area (Å²) < 4.78 is 49.2. The Hall–Kier alpha value is 0.401. The molecule has 0 saturated carbocycles. The van der Waals surface area contributed by atoms with E-state index < -0.39 is 35.1 Å². The lowest BCUT2D eigenvalue weighted by atomic mass is 9.88. The number of nitrogens with zero attached hydrogens (tertiary/aromatic N) is 1. The highest BCUT2D eigenvalue weighted by Gasteiger charge is 2.52. The molecule has 0 N–H and O–H groups in total. The number of piperidine rings is 1. The third kappa shape index (κ3) is 12.5. The molecule has 0 aromatic rings. The van der Waals surface area contributed by atoms with Gasteiger partial charge < -0.3 is 13.3 Å². The predicted molar refractivity (Wildman–Crippen MR) is 191 cm³/mol. The molecule has 0 spiro atoms. The summed E-state index contributed by atoms with van der Waals surface area (Å²) in [6, 6.07) is 0.114. The average molecular weight is 682 g/mol. The Labute approximate surface area is 271 Å². The molecule has 1 rings (SSSR count). The van der Waals surface area contributed by atoms with Gasteiger partial charge in [-0.15, -0.1) is 0 Å². The van der Waals surface area contributed by atoms with Crippen LogP contribution in [0.15, 0.2) is 0 Å². The molecule has 7 nitrogen and oxygen atoms in total. The standard InChI is InChI=1S/C32H71NO6SSi3/c1-26-24-33(22-20-18-19-21-23-36-40(11,34)35)27(25-37-41(12,13)30(2,3)4)29(39-43(16,17)32(8,9)10)28(26)38-42(14,15)31(5,6)7/h26-29H,18-25H2,1-17H3/t26-,27+,28+,29+/m0/s1. The van der Waals surface area contributed by atoms with Crippen molar-refractivity contribution in [3.63, 3.8) is 0 Å². The van der Waals surface area contributed by atoms with Gasteiger partial charge in [0.2, 0.25) is 0 Å². The fourth-order valence-corrected chi connectivity index (χ4v) is 8.84. The van der Waals surface area contributed by atoms with Crippen molar-refractivity contribution >= 4 is 35.1 Å². The van der Waals surface area contributed by atoms with E-state index in [4.69, 9.17) is 17.5 Å². The molecular weight excluding hydrogens is 611 g/mol. The van der Waals surface area contributed by atoms with Crippen LogP contribution in [0.2, 0.25) is 54.4 Å². The lowest BCUT2D eigenvalue weighted by molar-refractivity contribution is -0.101. The van der Waals surface area contributed by atoms with Crippen molar-refractivity contribution in [2.45, 2.75) is 168 Å². The molecule has 1 saturated heterocycles. The van der Waals surface area contributed by atoms with Gasteiger partial charge in [-0.2, -0.15) is 8.42 Å². The summed E-state index contributed by atoms with van der Waals surface area (Å²) >= 11 is 0. The number of hydrogen-bond donors (Lipinski definition) is 0. The van der Waals surface area contributed by atoms with Crippen LogP contribution in [0.25, 0.3) is 0 Å². The first-order valence-electron chi connectivity index (χ1n) is 16.6. The van der Waals surface area contributed by atoms with E-state index in [1.54, 1.807) is 0 Å². The molecular formula is C32H71NO6SSi3. The van der Waals surface area contributed by atoms with E-state index >= 15 is 0 Å². The van der Waals surface area contributed by atoms with Crippen molar-refractivity contribution in [2.24, 2.45) is 5.92 Å². The Morgan fingerprint density at radius 3 is 1.58 bits per heavy atom. The lowest BCUT2D eigenvalue weighted by Crippen LogP contribution is -2.66. The topological polar surface area (TPSA) is 74.3 Å². The van der Waals surface area contributed by atoms with Crippen LogP contribution in [0.5, 0.6) is 0 Å². The highest BCUT2D eigenvalue weighted by molar-refractivity contribution is 7.85. The summed E-state index contributed by atoms with van der Waals surface area (Å²) in [5, 5.41) is 0.318. The minimum Gasteiger partial charge on any atom is -0.415 e. The van der Waals surface area contributed by atoms with E-state index in [9.17, 15) is 8.42 Å². The van der Waals surface area contributed by atoms with Gasteiger partial charge >= 0.3 is 0 Å². The van der Waals surface area contributed by atoms with Gasteiger partial charge in [0.25, 0.3) is 10.1 Å². The van der Waals surface area contributed by atoms with E-state index in [0.29, 0.717) is 12.5 Å². The van der Waals surface area contributed by atoms with Crippen molar-refractivity contribution in [3.05, 3.63) is 0 Å². The SMILES string of the molecule is C[C@H]1CN(CCCCCCOS(C)(=O)=O)[C@H](CO[Si](C)(C)C(C)(C)C)[C@@H](O[Si](C)(C)C(C)(C)C)[C@@H]1O[Si](C)(C)C(C)(C)C. The molecule has 43 heavy (non-hydrogen) atoms. The molecule has 0 aromatic carbocycles. The van der Waals surface area contributed by atoms with Crippen LogP contribution in [0.4, 0.5) is 0 Å². The molecule has 1 aliphatic rings. The van der Waals surface area contributed by atoms with Gasteiger partial charge in [-0.25, -0.2) is 0 Å². The number of rotatable bonds is 15. The fraction of sp³-hybridized carbons (Fsp3) is 1.00. The largest absolute Gasteiger partial charge is 0.415 e. The number of likely N-dealkylation sites (tertiary alicyclic amines) is 1. The molecule has 0 bridgehead atoms. The third-order valence-corrected chi connectivity index (χ3v) is 24.8. The quantitative estimate of drug-likeness (QED) is 0.0973. The summed E-state index contributed by atoms with van der Waals surface area (Å²) in [5.41, 5.74) is 0. The van der Waals surface area contributed by atoms with E-state index in [0.717, 1.165) is 45.0 Å². The third-order valence-electron chi connectivity index (χ3n) is 10.8. The highest BCUT2D eigenvalue weighted by atomic mass is 32.2. The normalized spacial score (nSPS) is 24.0. The van der Waals surface area contributed by atoms with Gasteiger partial charge in [0.1, 0.15) is 0 Å². The molecule has 0 unspecified atom stereocenters. The first-order chi connectivity index (χ1) is 19.0. The molecule has 1 aliphatic heterocycles. The Kier molecular flexibility index (Phi) is 14.5. The molecule has 0 amide bonds. The second kappa shape index (κ2) is 15.1. The van der Waals surface area contributed by atoms with Crippen LogP contribution < -0.4 is 0 Å². The summed E-state index contributed by atoms with van der Waals surface area (Å²) in [6.07, 6.45) is 4.85. The van der Waals surface area contributed by atoms with Crippen molar-refractivity contribution < 1.29 is 25.9 Å². The van der Waals surface area contributed by atoms with Crippen LogP contribution in [-0.4, -0.2) is 89.1 Å². The minimum absolute atomic E-state index is 0.0208. The molecule has 1 fully saturated rings. The van der Waals surface area contributed by atoms with Crippen molar-refractivity contribution in [1.29, 1.82) is 0 Å². The molecule has 4 atom stereocenters. The van der Waals surface area contributed by atoms with Crippen LogP contribution in [0.1, 0.15) is 94.9 Å². The van der Waals surface area contributed by atoms with Gasteiger partial charge in [-0.1, -0.05) is 82.1 Å². The predicted octanol–water partition coefficient (Wildman–Crippen LogP) is 8.65. The summed E-state index contributed by atoms with van der Waals surface area (Å²) in [6.45, 7) is 40.2. The maximum Gasteiger partial charge on any atom is 0.264 e. The molecule has 1 heterocycles. The first kappa shape index (κ1) is 41.4. The van der Waals surface area contributed by atoms with Gasteiger partial charge in [0.15, 0.2) is 25.0 Å². The Balaban J connectivity index is 3.40. The Morgan fingerprint density at radius 2 is 1.14 bits per heavy atom. The molecule has 11 heteroatoms. The summed E-state index contributed by atoms with van der Waals surface area (Å²) in [7, 11) is -9.57. The van der Waals surface area contributed by atoms with E-state index in [2.05, 4.69) is 113 Å². The van der Waals surface area contributed by atoms with Gasteiger partial charge in [0, 0.05) is 6.54 Å². The second-order valence-corrected chi connectivity index (χ2v) is 33.7. The smallest absolute Gasteiger partial charge is 0.264 e. The number of hydrogen-bond acceptors (Lipinski definition) is 7. The lowest BCUT2D eigenvalue weighted by Gasteiger charge is -2.54. The fourth-order valence-electron chi connectivity index (χ4n) is 4.67. The Morgan fingerprint density at radius 1 is 0.698 bits per heavy atom. The molecule has 0 aliphatic carbocycles. The van der Waals surface area contributed by atoms with E-state index in [1.165, 1.54) is 0 Å². The highest BCUT2D eigenvalue weighted by Crippen LogP contribution is 2.44. The Bertz CT molecular complexity index is 967. The van der Waals surface area contributed by atoms with Crippen LogP contribution in [0.3, 0.4) is 0 Å².